The smallest absolute Gasteiger partial charge is 0.229 e. The van der Waals surface area contributed by atoms with Crippen molar-refractivity contribution in [3.05, 3.63) is 59.3 Å². The number of aromatic nitrogens is 1. The molecule has 2 atom stereocenters. The van der Waals surface area contributed by atoms with E-state index in [1.165, 1.54) is 11.1 Å². The number of nitrogens with one attached hydrogen (secondary N) is 1. The van der Waals surface area contributed by atoms with E-state index in [1.54, 1.807) is 18.0 Å². The van der Waals surface area contributed by atoms with Crippen molar-refractivity contribution in [1.82, 2.24) is 4.98 Å². The summed E-state index contributed by atoms with van der Waals surface area (Å²) < 4.78 is 0. The zero-order valence-corrected chi connectivity index (χ0v) is 14.6. The minimum absolute atomic E-state index is 0.0420. The number of nitrogens with zero attached hydrogens (tertiary/aromatic N) is 1. The third-order valence-electron chi connectivity index (χ3n) is 4.30. The van der Waals surface area contributed by atoms with Crippen LogP contribution in [0.3, 0.4) is 0 Å². The molecule has 2 unspecified atom stereocenters. The highest BCUT2D eigenvalue weighted by molar-refractivity contribution is 7.98. The van der Waals surface area contributed by atoms with Crippen LogP contribution in [0.1, 0.15) is 29.0 Å². The second-order valence-corrected chi connectivity index (χ2v) is 7.23. The number of aryl methyl sites for hydroxylation is 1. The molecule has 1 saturated carbocycles. The minimum Gasteiger partial charge on any atom is -0.396 e. The van der Waals surface area contributed by atoms with Gasteiger partial charge in [-0.1, -0.05) is 24.3 Å². The topological polar surface area (TPSA) is 62.2 Å². The maximum absolute atomic E-state index is 12.5. The zero-order chi connectivity index (χ0) is 16.9. The fourth-order valence-electron chi connectivity index (χ4n) is 2.94. The SMILES string of the molecule is Cc1ccccc1C1CC1C(=O)Nc1cc(CSCCO)ccn1. The summed E-state index contributed by atoms with van der Waals surface area (Å²) in [4.78, 5) is 16.7. The number of hydrogen-bond acceptors (Lipinski definition) is 4. The number of aliphatic hydroxyl groups is 1. The van der Waals surface area contributed by atoms with Gasteiger partial charge in [0.25, 0.3) is 0 Å². The molecule has 3 rings (SSSR count). The van der Waals surface area contributed by atoms with Crippen molar-refractivity contribution in [3.63, 3.8) is 0 Å². The molecule has 1 fully saturated rings. The molecule has 0 radical (unpaired) electrons. The Morgan fingerprint density at radius 3 is 3.00 bits per heavy atom. The standard InChI is InChI=1S/C19H22N2O2S/c1-13-4-2-3-5-15(13)16-11-17(16)19(23)21-18-10-14(6-7-20-18)12-24-9-8-22/h2-7,10,16-17,22H,8-9,11-12H2,1H3,(H,20,21,23). The molecule has 2 N–H and O–H groups in total. The first-order valence-electron chi connectivity index (χ1n) is 8.19. The number of carbonyl (C=O) groups is 1. The molecule has 2 aromatic rings. The summed E-state index contributed by atoms with van der Waals surface area (Å²) >= 11 is 1.66. The summed E-state index contributed by atoms with van der Waals surface area (Å²) in [6, 6.07) is 12.1. The number of aliphatic hydroxyl groups excluding tert-OH is 1. The normalized spacial score (nSPS) is 19.1. The van der Waals surface area contributed by atoms with Gasteiger partial charge in [-0.15, -0.1) is 0 Å². The summed E-state index contributed by atoms with van der Waals surface area (Å²) in [5.74, 6) is 2.55. The van der Waals surface area contributed by atoms with E-state index in [0.717, 1.165) is 17.7 Å². The van der Waals surface area contributed by atoms with E-state index in [4.69, 9.17) is 5.11 Å². The van der Waals surface area contributed by atoms with Crippen LogP contribution in [0.4, 0.5) is 5.82 Å². The van der Waals surface area contributed by atoms with Gasteiger partial charge in [0, 0.05) is 23.6 Å². The highest BCUT2D eigenvalue weighted by Crippen LogP contribution is 2.48. The molecule has 1 heterocycles. The van der Waals surface area contributed by atoms with Gasteiger partial charge in [-0.2, -0.15) is 11.8 Å². The van der Waals surface area contributed by atoms with Gasteiger partial charge in [0.05, 0.1) is 6.61 Å². The maximum Gasteiger partial charge on any atom is 0.229 e. The van der Waals surface area contributed by atoms with Crippen molar-refractivity contribution >= 4 is 23.5 Å². The molecule has 4 nitrogen and oxygen atoms in total. The van der Waals surface area contributed by atoms with Gasteiger partial charge in [-0.3, -0.25) is 4.79 Å². The molecule has 1 aliphatic rings. The molecule has 0 bridgehead atoms. The molecule has 1 aromatic carbocycles. The molecule has 126 valence electrons. The number of hydrogen-bond donors (Lipinski definition) is 2. The average molecular weight is 342 g/mol. The van der Waals surface area contributed by atoms with Crippen LogP contribution in [0.15, 0.2) is 42.6 Å². The van der Waals surface area contributed by atoms with Gasteiger partial charge in [-0.05, 0) is 48.1 Å². The fourth-order valence-corrected chi connectivity index (χ4v) is 3.63. The van der Waals surface area contributed by atoms with E-state index >= 15 is 0 Å². The third kappa shape index (κ3) is 4.16. The lowest BCUT2D eigenvalue weighted by atomic mass is 10.0. The molecule has 1 aromatic heterocycles. The first-order chi connectivity index (χ1) is 11.7. The fraction of sp³-hybridized carbons (Fsp3) is 0.368. The molecule has 1 aliphatic carbocycles. The van der Waals surface area contributed by atoms with Crippen LogP contribution >= 0.6 is 11.8 Å². The summed E-state index contributed by atoms with van der Waals surface area (Å²) in [7, 11) is 0. The van der Waals surface area contributed by atoms with Crippen molar-refractivity contribution in [3.8, 4) is 0 Å². The Bertz CT molecular complexity index is 720. The Balaban J connectivity index is 1.58. The number of anilines is 1. The molecule has 0 aliphatic heterocycles. The summed E-state index contributed by atoms with van der Waals surface area (Å²) in [6.07, 6.45) is 2.62. The van der Waals surface area contributed by atoms with Crippen LogP contribution in [-0.4, -0.2) is 28.4 Å². The Morgan fingerprint density at radius 1 is 1.38 bits per heavy atom. The predicted molar refractivity (Wildman–Crippen MR) is 98.1 cm³/mol. The number of thioether (sulfide) groups is 1. The van der Waals surface area contributed by atoms with Crippen LogP contribution in [0, 0.1) is 12.8 Å². The number of carbonyl (C=O) groups excluding carboxylic acids is 1. The summed E-state index contributed by atoms with van der Waals surface area (Å²) in [5.41, 5.74) is 3.63. The van der Waals surface area contributed by atoms with Crippen molar-refractivity contribution in [2.75, 3.05) is 17.7 Å². The van der Waals surface area contributed by atoms with E-state index in [9.17, 15) is 4.79 Å². The van der Waals surface area contributed by atoms with Gasteiger partial charge in [0.2, 0.25) is 5.91 Å². The minimum atomic E-state index is 0.0420. The average Bonchev–Trinajstić information content (AvgIpc) is 3.36. The number of rotatable bonds is 7. The molecule has 1 amide bonds. The Kier molecular flexibility index (Phi) is 5.53. The molecular formula is C19H22N2O2S. The van der Waals surface area contributed by atoms with Crippen LogP contribution < -0.4 is 5.32 Å². The van der Waals surface area contributed by atoms with Gasteiger partial charge in [0.15, 0.2) is 0 Å². The highest BCUT2D eigenvalue weighted by atomic mass is 32.2. The van der Waals surface area contributed by atoms with Gasteiger partial charge in [-0.25, -0.2) is 4.98 Å². The molecular weight excluding hydrogens is 320 g/mol. The van der Waals surface area contributed by atoms with Gasteiger partial charge < -0.3 is 10.4 Å². The van der Waals surface area contributed by atoms with Gasteiger partial charge >= 0.3 is 0 Å². The highest BCUT2D eigenvalue weighted by Gasteiger charge is 2.44. The molecule has 24 heavy (non-hydrogen) atoms. The van der Waals surface area contributed by atoms with E-state index in [1.807, 2.05) is 24.3 Å². The lowest BCUT2D eigenvalue weighted by Crippen LogP contribution is -2.15. The molecule has 0 saturated heterocycles. The Hall–Kier alpha value is -1.85. The first-order valence-corrected chi connectivity index (χ1v) is 9.34. The van der Waals surface area contributed by atoms with Crippen LogP contribution in [0.5, 0.6) is 0 Å². The Labute approximate surface area is 146 Å². The van der Waals surface area contributed by atoms with Crippen LogP contribution in [0.2, 0.25) is 0 Å². The number of pyridine rings is 1. The maximum atomic E-state index is 12.5. The van der Waals surface area contributed by atoms with E-state index in [0.29, 0.717) is 17.5 Å². The number of amides is 1. The predicted octanol–water partition coefficient (Wildman–Crippen LogP) is 3.36. The number of benzene rings is 1. The van der Waals surface area contributed by atoms with E-state index < -0.39 is 0 Å². The van der Waals surface area contributed by atoms with Crippen LogP contribution in [-0.2, 0) is 10.5 Å². The van der Waals surface area contributed by atoms with Gasteiger partial charge in [0.1, 0.15) is 5.82 Å². The Morgan fingerprint density at radius 2 is 2.21 bits per heavy atom. The first kappa shape index (κ1) is 17.0. The lowest BCUT2D eigenvalue weighted by Gasteiger charge is -2.07. The summed E-state index contributed by atoms with van der Waals surface area (Å²) in [5, 5.41) is 11.8. The van der Waals surface area contributed by atoms with E-state index in [-0.39, 0.29) is 18.4 Å². The van der Waals surface area contributed by atoms with Crippen molar-refractivity contribution in [1.29, 1.82) is 0 Å². The van der Waals surface area contributed by atoms with Crippen molar-refractivity contribution in [2.24, 2.45) is 5.92 Å². The zero-order valence-electron chi connectivity index (χ0n) is 13.7. The van der Waals surface area contributed by atoms with Crippen molar-refractivity contribution in [2.45, 2.75) is 25.0 Å². The quantitative estimate of drug-likeness (QED) is 0.758. The second kappa shape index (κ2) is 7.81. The van der Waals surface area contributed by atoms with Crippen molar-refractivity contribution < 1.29 is 9.90 Å². The largest absolute Gasteiger partial charge is 0.396 e. The molecule has 5 heteroatoms. The summed E-state index contributed by atoms with van der Waals surface area (Å²) in [6.45, 7) is 2.28. The third-order valence-corrected chi connectivity index (χ3v) is 5.30. The van der Waals surface area contributed by atoms with E-state index in [2.05, 4.69) is 29.4 Å². The monoisotopic (exact) mass is 342 g/mol. The van der Waals surface area contributed by atoms with Crippen LogP contribution in [0.25, 0.3) is 0 Å². The lowest BCUT2D eigenvalue weighted by molar-refractivity contribution is -0.117. The second-order valence-electron chi connectivity index (χ2n) is 6.12. The molecule has 0 spiro atoms.